The molecule has 2 rings (SSSR count). The summed E-state index contributed by atoms with van der Waals surface area (Å²) in [5, 5.41) is 2.03. The first-order valence-corrected chi connectivity index (χ1v) is 8.14. The highest BCUT2D eigenvalue weighted by molar-refractivity contribution is 5.96. The fraction of sp³-hybridized carbons (Fsp3) is 0.263. The lowest BCUT2D eigenvalue weighted by Crippen LogP contribution is -2.16. The van der Waals surface area contributed by atoms with Crippen molar-refractivity contribution < 1.29 is 35.9 Å². The van der Waals surface area contributed by atoms with Gasteiger partial charge in [-0.3, -0.25) is 9.59 Å². The Morgan fingerprint density at radius 1 is 0.786 bits per heavy atom. The summed E-state index contributed by atoms with van der Waals surface area (Å²) in [5.41, 5.74) is -3.19. The summed E-state index contributed by atoms with van der Waals surface area (Å²) in [5.74, 6) is -1.000. The van der Waals surface area contributed by atoms with Gasteiger partial charge < -0.3 is 5.32 Å². The maximum Gasteiger partial charge on any atom is 0.416 e. The van der Waals surface area contributed by atoms with Crippen LogP contribution in [0.25, 0.3) is 0 Å². The Balaban J connectivity index is 2.02. The van der Waals surface area contributed by atoms with Crippen molar-refractivity contribution in [1.82, 2.24) is 0 Å². The third-order valence-corrected chi connectivity index (χ3v) is 3.77. The minimum absolute atomic E-state index is 0.0197. The van der Waals surface area contributed by atoms with Gasteiger partial charge in [-0.05, 0) is 24.6 Å². The van der Waals surface area contributed by atoms with Crippen molar-refractivity contribution in [2.45, 2.75) is 31.6 Å². The Morgan fingerprint density at radius 2 is 1.32 bits per heavy atom. The van der Waals surface area contributed by atoms with E-state index in [0.29, 0.717) is 17.7 Å². The molecular weight excluding hydrogens is 388 g/mol. The molecule has 0 bridgehead atoms. The van der Waals surface area contributed by atoms with Gasteiger partial charge >= 0.3 is 12.4 Å². The lowest BCUT2D eigenvalue weighted by atomic mass is 10.1. The number of carbonyl (C=O) groups is 2. The Hall–Kier alpha value is -2.84. The van der Waals surface area contributed by atoms with Crippen molar-refractivity contribution in [1.29, 1.82) is 0 Å². The Morgan fingerprint density at radius 3 is 1.82 bits per heavy atom. The summed E-state index contributed by atoms with van der Waals surface area (Å²) in [6.45, 7) is 0. The number of rotatable bonds is 6. The molecule has 9 heteroatoms. The quantitative estimate of drug-likeness (QED) is 0.496. The van der Waals surface area contributed by atoms with Gasteiger partial charge in [-0.15, -0.1) is 0 Å². The summed E-state index contributed by atoms with van der Waals surface area (Å²) >= 11 is 0. The van der Waals surface area contributed by atoms with Crippen LogP contribution in [0.1, 0.15) is 40.7 Å². The van der Waals surface area contributed by atoms with Crippen molar-refractivity contribution in [2.75, 3.05) is 5.32 Å². The van der Waals surface area contributed by atoms with Crippen LogP contribution in [0, 0.1) is 0 Å². The van der Waals surface area contributed by atoms with Crippen LogP contribution in [0.2, 0.25) is 0 Å². The Labute approximate surface area is 156 Å². The number of carbonyl (C=O) groups excluding carboxylic acids is 2. The number of amides is 1. The zero-order valence-electron chi connectivity index (χ0n) is 14.3. The molecule has 2 aromatic rings. The molecule has 0 saturated carbocycles. The molecule has 0 aliphatic heterocycles. The Kier molecular flexibility index (Phi) is 6.48. The summed E-state index contributed by atoms with van der Waals surface area (Å²) < 4.78 is 76.9. The zero-order chi connectivity index (χ0) is 20.9. The molecule has 3 nitrogen and oxygen atoms in total. The van der Waals surface area contributed by atoms with Gasteiger partial charge in [0.1, 0.15) is 0 Å². The van der Waals surface area contributed by atoms with Crippen LogP contribution in [0.4, 0.5) is 32.0 Å². The molecule has 0 heterocycles. The molecule has 1 amide bonds. The van der Waals surface area contributed by atoms with E-state index in [4.69, 9.17) is 0 Å². The van der Waals surface area contributed by atoms with Crippen molar-refractivity contribution in [3.8, 4) is 0 Å². The first-order valence-electron chi connectivity index (χ1n) is 8.14. The number of hydrogen-bond acceptors (Lipinski definition) is 2. The predicted octanol–water partition coefficient (Wildman–Crippen LogP) is 5.72. The van der Waals surface area contributed by atoms with E-state index in [1.807, 2.05) is 5.32 Å². The van der Waals surface area contributed by atoms with E-state index in [-0.39, 0.29) is 31.1 Å². The van der Waals surface area contributed by atoms with Crippen LogP contribution in [0.5, 0.6) is 0 Å². The van der Waals surface area contributed by atoms with Crippen LogP contribution in [0.3, 0.4) is 0 Å². The number of nitrogens with one attached hydrogen (secondary N) is 1. The van der Waals surface area contributed by atoms with Crippen molar-refractivity contribution in [3.63, 3.8) is 0 Å². The van der Waals surface area contributed by atoms with Crippen LogP contribution in [-0.4, -0.2) is 11.7 Å². The number of alkyl halides is 6. The number of benzene rings is 2. The van der Waals surface area contributed by atoms with Gasteiger partial charge in [0.15, 0.2) is 5.78 Å². The molecule has 0 aliphatic rings. The maximum absolute atomic E-state index is 12.8. The van der Waals surface area contributed by atoms with Gasteiger partial charge in [-0.25, -0.2) is 0 Å². The highest BCUT2D eigenvalue weighted by Crippen LogP contribution is 2.37. The summed E-state index contributed by atoms with van der Waals surface area (Å²) in [6, 6.07) is 9.12. The third-order valence-electron chi connectivity index (χ3n) is 3.77. The molecule has 28 heavy (non-hydrogen) atoms. The minimum Gasteiger partial charge on any atom is -0.326 e. The van der Waals surface area contributed by atoms with E-state index in [2.05, 4.69) is 0 Å². The van der Waals surface area contributed by atoms with Crippen molar-refractivity contribution in [2.24, 2.45) is 0 Å². The summed E-state index contributed by atoms with van der Waals surface area (Å²) in [4.78, 5) is 23.8. The molecule has 0 unspecified atom stereocenters. The largest absolute Gasteiger partial charge is 0.416 e. The van der Waals surface area contributed by atoms with E-state index in [0.717, 1.165) is 0 Å². The standard InChI is InChI=1S/C19H15F6NO2/c20-18(21,22)13-9-14(19(23,24)25)11-15(10-13)26-17(28)8-4-7-16(27)12-5-2-1-3-6-12/h1-3,5-6,9-11H,4,7-8H2,(H,26,28). The average molecular weight is 403 g/mol. The van der Waals surface area contributed by atoms with Crippen LogP contribution < -0.4 is 5.32 Å². The SMILES string of the molecule is O=C(CCCC(=O)c1ccccc1)Nc1cc(C(F)(F)F)cc(C(F)(F)F)c1. The molecule has 0 spiro atoms. The van der Waals surface area contributed by atoms with Crippen LogP contribution >= 0.6 is 0 Å². The fourth-order valence-corrected chi connectivity index (χ4v) is 2.43. The highest BCUT2D eigenvalue weighted by atomic mass is 19.4. The van der Waals surface area contributed by atoms with Crippen molar-refractivity contribution >= 4 is 17.4 Å². The van der Waals surface area contributed by atoms with Crippen molar-refractivity contribution in [3.05, 3.63) is 65.2 Å². The second-order valence-corrected chi connectivity index (χ2v) is 5.99. The number of Topliss-reactive ketones (excluding diaryl/α,β-unsaturated/α-hetero) is 1. The molecule has 1 N–H and O–H groups in total. The summed E-state index contributed by atoms with van der Waals surface area (Å²) in [7, 11) is 0. The average Bonchev–Trinajstić information content (AvgIpc) is 2.60. The van der Waals surface area contributed by atoms with E-state index >= 15 is 0 Å². The molecule has 150 valence electrons. The molecule has 2 aromatic carbocycles. The minimum atomic E-state index is -5.00. The normalized spacial score (nSPS) is 11.9. The maximum atomic E-state index is 12.8. The van der Waals surface area contributed by atoms with Gasteiger partial charge in [0.2, 0.25) is 5.91 Å². The topological polar surface area (TPSA) is 46.2 Å². The van der Waals surface area contributed by atoms with Gasteiger partial charge in [0.05, 0.1) is 11.1 Å². The van der Waals surface area contributed by atoms with Gasteiger partial charge in [0, 0.05) is 24.1 Å². The molecule has 0 saturated heterocycles. The molecule has 0 atom stereocenters. The van der Waals surface area contributed by atoms with E-state index < -0.39 is 35.1 Å². The highest BCUT2D eigenvalue weighted by Gasteiger charge is 2.37. The number of hydrogen-bond donors (Lipinski definition) is 1. The fourth-order valence-electron chi connectivity index (χ4n) is 2.43. The molecule has 0 aliphatic carbocycles. The first-order chi connectivity index (χ1) is 13.0. The number of ketones is 1. The van der Waals surface area contributed by atoms with Crippen LogP contribution in [0.15, 0.2) is 48.5 Å². The van der Waals surface area contributed by atoms with E-state index in [1.165, 1.54) is 0 Å². The Bertz CT molecular complexity index is 811. The monoisotopic (exact) mass is 403 g/mol. The summed E-state index contributed by atoms with van der Waals surface area (Å²) in [6.07, 6.45) is -10.1. The van der Waals surface area contributed by atoms with Gasteiger partial charge in [0.25, 0.3) is 0 Å². The first kappa shape index (κ1) is 21.5. The lowest BCUT2D eigenvalue weighted by molar-refractivity contribution is -0.143. The lowest BCUT2D eigenvalue weighted by Gasteiger charge is -2.14. The zero-order valence-corrected chi connectivity index (χ0v) is 14.3. The third kappa shape index (κ3) is 6.11. The molecular formula is C19H15F6NO2. The van der Waals surface area contributed by atoms with Gasteiger partial charge in [-0.2, -0.15) is 26.3 Å². The second kappa shape index (κ2) is 8.45. The van der Waals surface area contributed by atoms with Gasteiger partial charge in [-0.1, -0.05) is 30.3 Å². The van der Waals surface area contributed by atoms with E-state index in [9.17, 15) is 35.9 Å². The molecule has 0 radical (unpaired) electrons. The number of anilines is 1. The smallest absolute Gasteiger partial charge is 0.326 e. The second-order valence-electron chi connectivity index (χ2n) is 5.99. The van der Waals surface area contributed by atoms with E-state index in [1.54, 1.807) is 30.3 Å². The molecule has 0 aromatic heterocycles. The number of halogens is 6. The predicted molar refractivity (Wildman–Crippen MR) is 89.7 cm³/mol. The molecule has 0 fully saturated rings. The van der Waals surface area contributed by atoms with Crippen LogP contribution in [-0.2, 0) is 17.1 Å².